The van der Waals surface area contributed by atoms with Crippen LogP contribution in [0.4, 0.5) is 11.4 Å². The van der Waals surface area contributed by atoms with Crippen molar-refractivity contribution < 1.29 is 9.72 Å². The van der Waals surface area contributed by atoms with Gasteiger partial charge in [-0.2, -0.15) is 0 Å². The van der Waals surface area contributed by atoms with Crippen LogP contribution in [0.2, 0.25) is 0 Å². The van der Waals surface area contributed by atoms with E-state index < -0.39 is 4.92 Å². The lowest BCUT2D eigenvalue weighted by atomic mass is 9.98. The number of carbonyl (C=O) groups is 1. The highest BCUT2D eigenvalue weighted by atomic mass is 16.6. The average molecular weight is 279 g/mol. The smallest absolute Gasteiger partial charge is 0.292 e. The molecule has 0 spiro atoms. The molecule has 0 heterocycles. The number of rotatable bonds is 6. The molecular weight excluding hydrogens is 258 g/mol. The first-order valence-electron chi connectivity index (χ1n) is 6.61. The van der Waals surface area contributed by atoms with Crippen LogP contribution >= 0.6 is 0 Å². The van der Waals surface area contributed by atoms with Crippen molar-refractivity contribution in [2.45, 2.75) is 20.8 Å². The Morgan fingerprint density at radius 3 is 2.50 bits per heavy atom. The van der Waals surface area contributed by atoms with Gasteiger partial charge in [0.15, 0.2) is 0 Å². The molecule has 0 aliphatic carbocycles. The maximum atomic E-state index is 12.0. The van der Waals surface area contributed by atoms with E-state index in [-0.39, 0.29) is 11.6 Å². The molecule has 6 nitrogen and oxygen atoms in total. The summed E-state index contributed by atoms with van der Waals surface area (Å²) >= 11 is 0. The molecule has 0 saturated heterocycles. The van der Waals surface area contributed by atoms with Crippen molar-refractivity contribution in [3.05, 3.63) is 33.9 Å². The summed E-state index contributed by atoms with van der Waals surface area (Å²) in [6.45, 7) is 6.85. The number of hydrogen-bond acceptors (Lipinski definition) is 4. The second kappa shape index (κ2) is 6.88. The van der Waals surface area contributed by atoms with E-state index in [0.717, 1.165) is 0 Å². The average Bonchev–Trinajstić information content (AvgIpc) is 2.43. The number of nitro groups is 1. The maximum Gasteiger partial charge on any atom is 0.292 e. The molecule has 0 radical (unpaired) electrons. The van der Waals surface area contributed by atoms with Crippen molar-refractivity contribution in [2.75, 3.05) is 18.9 Å². The molecule has 0 aromatic heterocycles. The molecule has 1 amide bonds. The zero-order valence-electron chi connectivity index (χ0n) is 12.3. The van der Waals surface area contributed by atoms with Crippen LogP contribution in [0.1, 0.15) is 31.1 Å². The summed E-state index contributed by atoms with van der Waals surface area (Å²) in [5.74, 6) is 0.643. The summed E-state index contributed by atoms with van der Waals surface area (Å²) in [5.41, 5.74) is 0.704. The molecule has 1 unspecified atom stereocenters. The number of nitro benzene ring substituents is 1. The van der Waals surface area contributed by atoms with E-state index in [1.165, 1.54) is 18.2 Å². The topological polar surface area (TPSA) is 84.3 Å². The third-order valence-corrected chi connectivity index (χ3v) is 3.45. The van der Waals surface area contributed by atoms with Crippen molar-refractivity contribution in [3.8, 4) is 0 Å². The summed E-state index contributed by atoms with van der Waals surface area (Å²) in [6, 6.07) is 4.30. The Labute approximate surface area is 118 Å². The Balaban J connectivity index is 2.81. The number of nitrogens with zero attached hydrogens (tertiary/aromatic N) is 1. The van der Waals surface area contributed by atoms with Crippen LogP contribution in [0, 0.1) is 22.0 Å². The van der Waals surface area contributed by atoms with E-state index in [0.29, 0.717) is 29.6 Å². The summed E-state index contributed by atoms with van der Waals surface area (Å²) < 4.78 is 0. The number of nitrogens with one attached hydrogen (secondary N) is 2. The van der Waals surface area contributed by atoms with Crippen LogP contribution in [0.3, 0.4) is 0 Å². The first-order valence-corrected chi connectivity index (χ1v) is 6.61. The van der Waals surface area contributed by atoms with Crippen molar-refractivity contribution in [3.63, 3.8) is 0 Å². The molecule has 1 rings (SSSR count). The van der Waals surface area contributed by atoms with Crippen molar-refractivity contribution in [1.29, 1.82) is 0 Å². The molecule has 1 aromatic carbocycles. The van der Waals surface area contributed by atoms with E-state index in [2.05, 4.69) is 31.4 Å². The van der Waals surface area contributed by atoms with Gasteiger partial charge >= 0.3 is 0 Å². The Morgan fingerprint density at radius 1 is 1.35 bits per heavy atom. The van der Waals surface area contributed by atoms with Gasteiger partial charge < -0.3 is 10.6 Å². The number of benzene rings is 1. The monoisotopic (exact) mass is 279 g/mol. The normalized spacial score (nSPS) is 12.1. The van der Waals surface area contributed by atoms with Gasteiger partial charge in [-0.05, 0) is 24.0 Å². The van der Waals surface area contributed by atoms with Crippen LogP contribution < -0.4 is 10.6 Å². The second-order valence-corrected chi connectivity index (χ2v) is 5.17. The molecule has 20 heavy (non-hydrogen) atoms. The van der Waals surface area contributed by atoms with Crippen LogP contribution in [0.25, 0.3) is 0 Å². The molecule has 0 aliphatic heterocycles. The first kappa shape index (κ1) is 15.9. The van der Waals surface area contributed by atoms with Gasteiger partial charge in [0, 0.05) is 25.2 Å². The molecule has 110 valence electrons. The lowest BCUT2D eigenvalue weighted by molar-refractivity contribution is -0.383. The molecule has 0 saturated carbocycles. The van der Waals surface area contributed by atoms with Crippen molar-refractivity contribution in [1.82, 2.24) is 5.32 Å². The van der Waals surface area contributed by atoms with E-state index in [1.54, 1.807) is 7.05 Å². The van der Waals surface area contributed by atoms with Gasteiger partial charge in [0.05, 0.1) is 4.92 Å². The summed E-state index contributed by atoms with van der Waals surface area (Å²) in [4.78, 5) is 22.4. The third kappa shape index (κ3) is 3.94. The predicted octanol–water partition coefficient (Wildman–Crippen LogP) is 2.66. The van der Waals surface area contributed by atoms with Crippen molar-refractivity contribution in [2.24, 2.45) is 11.8 Å². The van der Waals surface area contributed by atoms with Crippen LogP contribution in [0.5, 0.6) is 0 Å². The molecular formula is C14H21N3O3. The zero-order valence-corrected chi connectivity index (χ0v) is 12.3. The van der Waals surface area contributed by atoms with Gasteiger partial charge in [-0.1, -0.05) is 20.8 Å². The summed E-state index contributed by atoms with van der Waals surface area (Å²) in [6.07, 6.45) is 0. The van der Waals surface area contributed by atoms with Crippen LogP contribution in [0.15, 0.2) is 18.2 Å². The van der Waals surface area contributed by atoms with Gasteiger partial charge in [0.1, 0.15) is 5.69 Å². The third-order valence-electron chi connectivity index (χ3n) is 3.45. The SMILES string of the molecule is CNc1cc(C(=O)NCC(C)C(C)C)ccc1[N+](=O)[O-]. The number of hydrogen-bond donors (Lipinski definition) is 2. The minimum atomic E-state index is -0.478. The lowest BCUT2D eigenvalue weighted by Gasteiger charge is -2.16. The predicted molar refractivity (Wildman–Crippen MR) is 79.0 cm³/mol. The number of anilines is 1. The van der Waals surface area contributed by atoms with Gasteiger partial charge in [-0.3, -0.25) is 14.9 Å². The van der Waals surface area contributed by atoms with Gasteiger partial charge in [0.25, 0.3) is 11.6 Å². The molecule has 1 atom stereocenters. The highest BCUT2D eigenvalue weighted by Crippen LogP contribution is 2.24. The largest absolute Gasteiger partial charge is 0.383 e. The summed E-state index contributed by atoms with van der Waals surface area (Å²) in [7, 11) is 1.59. The molecule has 0 aliphatic rings. The first-order chi connectivity index (χ1) is 9.36. The Bertz CT molecular complexity index is 500. The van der Waals surface area contributed by atoms with E-state index in [9.17, 15) is 14.9 Å². The fourth-order valence-corrected chi connectivity index (χ4v) is 1.63. The lowest BCUT2D eigenvalue weighted by Crippen LogP contribution is -2.30. The highest BCUT2D eigenvalue weighted by molar-refractivity contribution is 5.95. The fourth-order valence-electron chi connectivity index (χ4n) is 1.63. The molecule has 1 aromatic rings. The molecule has 0 fully saturated rings. The quantitative estimate of drug-likeness (QED) is 0.619. The Kier molecular flexibility index (Phi) is 5.49. The fraction of sp³-hybridized carbons (Fsp3) is 0.500. The standard InChI is InChI=1S/C14H21N3O3/c1-9(2)10(3)8-16-14(18)11-5-6-13(17(19)20)12(7-11)15-4/h5-7,9-10,15H,8H2,1-4H3,(H,16,18). The van der Waals surface area contributed by atoms with E-state index >= 15 is 0 Å². The van der Waals surface area contributed by atoms with Gasteiger partial charge in [-0.15, -0.1) is 0 Å². The van der Waals surface area contributed by atoms with Gasteiger partial charge in [-0.25, -0.2) is 0 Å². The van der Waals surface area contributed by atoms with Crippen molar-refractivity contribution >= 4 is 17.3 Å². The number of amides is 1. The number of carbonyl (C=O) groups excluding carboxylic acids is 1. The van der Waals surface area contributed by atoms with Gasteiger partial charge in [0.2, 0.25) is 0 Å². The minimum absolute atomic E-state index is 0.0420. The Morgan fingerprint density at radius 2 is 2.00 bits per heavy atom. The maximum absolute atomic E-state index is 12.0. The van der Waals surface area contributed by atoms with E-state index in [4.69, 9.17) is 0 Å². The Hall–Kier alpha value is -2.11. The summed E-state index contributed by atoms with van der Waals surface area (Å²) in [5, 5.41) is 16.4. The highest BCUT2D eigenvalue weighted by Gasteiger charge is 2.16. The van der Waals surface area contributed by atoms with Crippen LogP contribution in [-0.2, 0) is 0 Å². The molecule has 2 N–H and O–H groups in total. The molecule has 0 bridgehead atoms. The zero-order chi connectivity index (χ0) is 15.3. The molecule has 6 heteroatoms. The minimum Gasteiger partial charge on any atom is -0.383 e. The van der Waals surface area contributed by atoms with Crippen LogP contribution in [-0.4, -0.2) is 24.4 Å². The second-order valence-electron chi connectivity index (χ2n) is 5.17. The van der Waals surface area contributed by atoms with E-state index in [1.807, 2.05) is 0 Å².